The summed E-state index contributed by atoms with van der Waals surface area (Å²) in [7, 11) is 0. The number of ether oxygens (including phenoxy) is 1. The van der Waals surface area contributed by atoms with E-state index in [4.69, 9.17) is 4.74 Å². The minimum atomic E-state index is -0.609. The fraction of sp³-hybridized carbons (Fsp3) is 0.429. The summed E-state index contributed by atoms with van der Waals surface area (Å²) in [6, 6.07) is 14.6. The molecule has 2 fully saturated rings. The molecule has 1 atom stereocenters. The Balaban J connectivity index is 1.81. The topological polar surface area (TPSA) is 66.8 Å². The van der Waals surface area contributed by atoms with Gasteiger partial charge in [0.2, 0.25) is 0 Å². The molecule has 2 aromatic rings. The SMILES string of the molecule is CCCOc1cccc(/C(O)=C2/C(=O)C(=O)N(C3CCCCC3)C2c2ccc(CC)cc2)c1. The molecule has 174 valence electrons. The molecular weight excluding hydrogens is 414 g/mol. The number of amides is 1. The standard InChI is InChI=1S/C28H33NO4/c1-3-17-33-23-12-8-9-21(18-23)26(30)24-25(20-15-13-19(4-2)14-16-20)29(28(32)27(24)31)22-10-6-5-7-11-22/h8-9,12-16,18,22,25,30H,3-7,10-11,17H2,1-2H3/b26-24-. The van der Waals surface area contributed by atoms with E-state index in [-0.39, 0.29) is 17.4 Å². The van der Waals surface area contributed by atoms with Crippen LogP contribution in [0.5, 0.6) is 5.75 Å². The lowest BCUT2D eigenvalue weighted by molar-refractivity contribution is -0.141. The zero-order chi connectivity index (χ0) is 23.4. The molecule has 0 aromatic heterocycles. The van der Waals surface area contributed by atoms with Crippen molar-refractivity contribution in [3.05, 3.63) is 70.8 Å². The fourth-order valence-corrected chi connectivity index (χ4v) is 4.96. The van der Waals surface area contributed by atoms with Gasteiger partial charge < -0.3 is 14.7 Å². The van der Waals surface area contributed by atoms with Gasteiger partial charge in [0.25, 0.3) is 11.7 Å². The number of aliphatic hydroxyl groups is 1. The van der Waals surface area contributed by atoms with Gasteiger partial charge in [0.15, 0.2) is 0 Å². The van der Waals surface area contributed by atoms with E-state index in [1.165, 1.54) is 5.56 Å². The summed E-state index contributed by atoms with van der Waals surface area (Å²) in [5.41, 5.74) is 2.70. The van der Waals surface area contributed by atoms with Gasteiger partial charge in [-0.3, -0.25) is 9.59 Å². The third-order valence-corrected chi connectivity index (χ3v) is 6.73. The molecule has 0 radical (unpaired) electrons. The second-order valence-electron chi connectivity index (χ2n) is 8.97. The van der Waals surface area contributed by atoms with E-state index in [1.54, 1.807) is 23.1 Å². The molecule has 5 heteroatoms. The minimum absolute atomic E-state index is 0.00979. The molecule has 1 amide bonds. The van der Waals surface area contributed by atoms with Gasteiger partial charge in [-0.1, -0.05) is 69.5 Å². The van der Waals surface area contributed by atoms with Crippen LogP contribution >= 0.6 is 0 Å². The summed E-state index contributed by atoms with van der Waals surface area (Å²) in [4.78, 5) is 28.3. The molecule has 1 aliphatic carbocycles. The number of ketones is 1. The lowest BCUT2D eigenvalue weighted by atomic mass is 9.90. The van der Waals surface area contributed by atoms with Gasteiger partial charge in [-0.05, 0) is 48.9 Å². The largest absolute Gasteiger partial charge is 0.507 e. The van der Waals surface area contributed by atoms with Gasteiger partial charge >= 0.3 is 0 Å². The quantitative estimate of drug-likeness (QED) is 0.331. The number of hydrogen-bond donors (Lipinski definition) is 1. The van der Waals surface area contributed by atoms with Gasteiger partial charge in [0.05, 0.1) is 18.2 Å². The van der Waals surface area contributed by atoms with E-state index < -0.39 is 17.7 Å². The summed E-state index contributed by atoms with van der Waals surface area (Å²) in [5, 5.41) is 11.3. The molecule has 1 unspecified atom stereocenters. The van der Waals surface area contributed by atoms with E-state index >= 15 is 0 Å². The first kappa shape index (κ1) is 23.1. The Bertz CT molecular complexity index is 1030. The van der Waals surface area contributed by atoms with E-state index in [0.717, 1.165) is 50.5 Å². The first-order chi connectivity index (χ1) is 16.0. The number of carbonyl (C=O) groups excluding carboxylic acids is 2. The maximum Gasteiger partial charge on any atom is 0.295 e. The Labute approximate surface area is 196 Å². The molecule has 0 spiro atoms. The Hall–Kier alpha value is -3.08. The third kappa shape index (κ3) is 4.68. The van der Waals surface area contributed by atoms with Crippen LogP contribution in [0, 0.1) is 0 Å². The molecule has 1 saturated heterocycles. The van der Waals surface area contributed by atoms with E-state index in [1.807, 2.05) is 37.3 Å². The first-order valence-corrected chi connectivity index (χ1v) is 12.2. The van der Waals surface area contributed by atoms with Crippen LogP contribution in [-0.4, -0.2) is 34.3 Å². The molecule has 0 bridgehead atoms. The van der Waals surface area contributed by atoms with E-state index in [9.17, 15) is 14.7 Å². The Morgan fingerprint density at radius 3 is 2.42 bits per heavy atom. The van der Waals surface area contributed by atoms with Crippen LogP contribution in [0.15, 0.2) is 54.1 Å². The molecule has 33 heavy (non-hydrogen) atoms. The van der Waals surface area contributed by atoms with Crippen LogP contribution in [0.2, 0.25) is 0 Å². The van der Waals surface area contributed by atoms with Crippen molar-refractivity contribution in [2.24, 2.45) is 0 Å². The lowest BCUT2D eigenvalue weighted by Crippen LogP contribution is -2.40. The molecule has 2 aromatic carbocycles. The average Bonchev–Trinajstić information content (AvgIpc) is 3.13. The minimum Gasteiger partial charge on any atom is -0.507 e. The monoisotopic (exact) mass is 447 g/mol. The van der Waals surface area contributed by atoms with Crippen LogP contribution < -0.4 is 4.74 Å². The summed E-state index contributed by atoms with van der Waals surface area (Å²) < 4.78 is 5.71. The molecule has 5 nitrogen and oxygen atoms in total. The highest BCUT2D eigenvalue weighted by Gasteiger charge is 2.48. The average molecular weight is 448 g/mol. The zero-order valence-corrected chi connectivity index (χ0v) is 19.5. The Morgan fingerprint density at radius 2 is 1.76 bits per heavy atom. The van der Waals surface area contributed by atoms with Crippen molar-refractivity contribution in [2.75, 3.05) is 6.61 Å². The highest BCUT2D eigenvalue weighted by atomic mass is 16.5. The summed E-state index contributed by atoms with van der Waals surface area (Å²) in [6.45, 7) is 4.69. The van der Waals surface area contributed by atoms with Crippen molar-refractivity contribution < 1.29 is 19.4 Å². The second-order valence-corrected chi connectivity index (χ2v) is 8.97. The number of aliphatic hydroxyl groups excluding tert-OH is 1. The number of likely N-dealkylation sites (tertiary alicyclic amines) is 1. The molecular formula is C28H33NO4. The fourth-order valence-electron chi connectivity index (χ4n) is 4.96. The zero-order valence-electron chi connectivity index (χ0n) is 19.5. The highest BCUT2D eigenvalue weighted by molar-refractivity contribution is 6.46. The van der Waals surface area contributed by atoms with Crippen LogP contribution in [0.1, 0.15) is 75.1 Å². The Morgan fingerprint density at radius 1 is 1.03 bits per heavy atom. The molecule has 2 aliphatic rings. The normalized spacial score (nSPS) is 20.9. The van der Waals surface area contributed by atoms with Gasteiger partial charge in [0.1, 0.15) is 11.5 Å². The smallest absolute Gasteiger partial charge is 0.295 e. The van der Waals surface area contributed by atoms with Crippen molar-refractivity contribution in [1.29, 1.82) is 0 Å². The first-order valence-electron chi connectivity index (χ1n) is 12.2. The van der Waals surface area contributed by atoms with Crippen LogP contribution in [0.3, 0.4) is 0 Å². The predicted molar refractivity (Wildman–Crippen MR) is 129 cm³/mol. The number of hydrogen-bond acceptors (Lipinski definition) is 4. The van der Waals surface area contributed by atoms with Crippen molar-refractivity contribution in [1.82, 2.24) is 4.90 Å². The van der Waals surface area contributed by atoms with Crippen molar-refractivity contribution in [2.45, 2.75) is 70.9 Å². The number of nitrogens with zero attached hydrogens (tertiary/aromatic N) is 1. The number of carbonyl (C=O) groups is 2. The van der Waals surface area contributed by atoms with Crippen molar-refractivity contribution >= 4 is 17.4 Å². The van der Waals surface area contributed by atoms with Crippen LogP contribution in [0.25, 0.3) is 5.76 Å². The van der Waals surface area contributed by atoms with Gasteiger partial charge in [-0.25, -0.2) is 0 Å². The molecule has 1 aliphatic heterocycles. The van der Waals surface area contributed by atoms with E-state index in [2.05, 4.69) is 6.92 Å². The molecule has 4 rings (SSSR count). The summed E-state index contributed by atoms with van der Waals surface area (Å²) in [5.74, 6) is -0.627. The van der Waals surface area contributed by atoms with Crippen LogP contribution in [-0.2, 0) is 16.0 Å². The third-order valence-electron chi connectivity index (χ3n) is 6.73. The predicted octanol–water partition coefficient (Wildman–Crippen LogP) is 5.79. The number of Topliss-reactive ketones (excluding diaryl/α,β-unsaturated/α-hetero) is 1. The number of aryl methyl sites for hydroxylation is 1. The van der Waals surface area contributed by atoms with Gasteiger partial charge in [-0.2, -0.15) is 0 Å². The highest BCUT2D eigenvalue weighted by Crippen LogP contribution is 2.43. The van der Waals surface area contributed by atoms with Gasteiger partial charge in [0, 0.05) is 11.6 Å². The number of benzene rings is 2. The van der Waals surface area contributed by atoms with Crippen molar-refractivity contribution in [3.8, 4) is 5.75 Å². The van der Waals surface area contributed by atoms with Crippen molar-refractivity contribution in [3.63, 3.8) is 0 Å². The van der Waals surface area contributed by atoms with E-state index in [0.29, 0.717) is 17.9 Å². The van der Waals surface area contributed by atoms with Crippen LogP contribution in [0.4, 0.5) is 0 Å². The number of rotatable bonds is 7. The Kier molecular flexibility index (Phi) is 7.17. The molecule has 1 heterocycles. The molecule has 1 N–H and O–H groups in total. The summed E-state index contributed by atoms with van der Waals surface area (Å²) in [6.07, 6.45) is 6.80. The lowest BCUT2D eigenvalue weighted by Gasteiger charge is -2.35. The maximum atomic E-state index is 13.3. The second kappa shape index (κ2) is 10.2. The van der Waals surface area contributed by atoms with Gasteiger partial charge in [-0.15, -0.1) is 0 Å². The maximum absolute atomic E-state index is 13.3. The summed E-state index contributed by atoms with van der Waals surface area (Å²) >= 11 is 0. The molecule has 1 saturated carbocycles.